The molecule has 0 saturated carbocycles. The maximum atomic E-state index is 10.2. The third-order valence-electron chi connectivity index (χ3n) is 1.39. The summed E-state index contributed by atoms with van der Waals surface area (Å²) in [7, 11) is 0. The Morgan fingerprint density at radius 3 is 2.43 bits per heavy atom. The van der Waals surface area contributed by atoms with E-state index in [2.05, 4.69) is 4.74 Å². The lowest BCUT2D eigenvalue weighted by Crippen LogP contribution is -2.47. The maximum absolute atomic E-state index is 10.2. The van der Waals surface area contributed by atoms with Gasteiger partial charge in [0.05, 0.1) is 0 Å². The van der Waals surface area contributed by atoms with Crippen LogP contribution >= 0.6 is 0 Å². The minimum Gasteiger partial charge on any atom is -0.456 e. The fourth-order valence-corrected chi connectivity index (χ4v) is 0.779. The van der Waals surface area contributed by atoms with Gasteiger partial charge in [-0.3, -0.25) is 4.79 Å². The van der Waals surface area contributed by atoms with Crippen LogP contribution in [-0.2, 0) is 9.53 Å². The number of hydrogen-bond acceptors (Lipinski definition) is 2. The first kappa shape index (κ1) is 3.24. The largest absolute Gasteiger partial charge is 0.456 e. The van der Waals surface area contributed by atoms with Crippen LogP contribution in [0.15, 0.2) is 12.2 Å². The van der Waals surface area contributed by atoms with Crippen molar-refractivity contribution in [2.45, 2.75) is 6.10 Å². The minimum absolute atomic E-state index is 0.0625. The molecule has 2 aliphatic rings. The number of ether oxygens (including phenoxy) is 1. The van der Waals surface area contributed by atoms with Crippen molar-refractivity contribution in [3.8, 4) is 0 Å². The second kappa shape index (κ2) is 0.735. The van der Waals surface area contributed by atoms with Crippen molar-refractivity contribution < 1.29 is 9.53 Å². The molecule has 0 spiro atoms. The highest BCUT2D eigenvalue weighted by Crippen LogP contribution is 2.32. The fourth-order valence-electron chi connectivity index (χ4n) is 0.779. The van der Waals surface area contributed by atoms with Crippen molar-refractivity contribution in [1.29, 1.82) is 0 Å². The molecule has 2 atom stereocenters. The van der Waals surface area contributed by atoms with Gasteiger partial charge in [-0.2, -0.15) is 0 Å². The third kappa shape index (κ3) is 0.204. The zero-order valence-electron chi connectivity index (χ0n) is 3.63. The van der Waals surface area contributed by atoms with E-state index in [-0.39, 0.29) is 18.0 Å². The monoisotopic (exact) mass is 96.0 g/mol. The molecule has 1 saturated heterocycles. The summed E-state index contributed by atoms with van der Waals surface area (Å²) in [6.07, 6.45) is 3.93. The van der Waals surface area contributed by atoms with E-state index in [1.54, 1.807) is 0 Å². The number of carbonyl (C=O) groups excluding carboxylic acids is 1. The summed E-state index contributed by atoms with van der Waals surface area (Å²) >= 11 is 0. The first-order chi connectivity index (χ1) is 3.38. The number of rotatable bonds is 0. The molecular weight excluding hydrogens is 92.1 g/mol. The van der Waals surface area contributed by atoms with Crippen molar-refractivity contribution in [3.05, 3.63) is 12.2 Å². The second-order valence-electron chi connectivity index (χ2n) is 1.81. The molecule has 0 amide bonds. The molecule has 36 valence electrons. The van der Waals surface area contributed by atoms with Crippen molar-refractivity contribution in [2.24, 2.45) is 5.92 Å². The molecule has 0 aromatic carbocycles. The molecule has 0 aromatic heterocycles. The van der Waals surface area contributed by atoms with Crippen LogP contribution in [0.4, 0.5) is 0 Å². The number of carbonyl (C=O) groups is 1. The van der Waals surface area contributed by atoms with Crippen LogP contribution in [0, 0.1) is 5.92 Å². The first-order valence-electron chi connectivity index (χ1n) is 2.27. The fraction of sp³-hybridized carbons (Fsp3) is 0.400. The highest BCUT2D eigenvalue weighted by atomic mass is 16.6. The van der Waals surface area contributed by atoms with Crippen molar-refractivity contribution in [3.63, 3.8) is 0 Å². The van der Waals surface area contributed by atoms with Crippen LogP contribution in [0.1, 0.15) is 0 Å². The molecule has 0 aromatic rings. The molecule has 0 unspecified atom stereocenters. The molecule has 7 heavy (non-hydrogen) atoms. The Hall–Kier alpha value is -0.790. The molecule has 2 rings (SSSR count). The Kier molecular flexibility index (Phi) is 0.340. The zero-order valence-corrected chi connectivity index (χ0v) is 3.63. The number of esters is 1. The molecular formula is C5H4O2. The van der Waals surface area contributed by atoms with E-state index in [1.165, 1.54) is 0 Å². The van der Waals surface area contributed by atoms with E-state index < -0.39 is 0 Å². The van der Waals surface area contributed by atoms with Gasteiger partial charge < -0.3 is 4.74 Å². The van der Waals surface area contributed by atoms with Crippen LogP contribution in [0.5, 0.6) is 0 Å². The lowest BCUT2D eigenvalue weighted by atomic mass is 9.87. The molecule has 1 aliphatic carbocycles. The molecule has 0 N–H and O–H groups in total. The number of fused-ring (bicyclic) bond motifs is 1. The van der Waals surface area contributed by atoms with Gasteiger partial charge in [0.15, 0.2) is 0 Å². The molecule has 1 heterocycles. The zero-order chi connectivity index (χ0) is 4.85. The molecule has 1 aliphatic heterocycles. The van der Waals surface area contributed by atoms with Gasteiger partial charge in [0, 0.05) is 0 Å². The van der Waals surface area contributed by atoms with Crippen molar-refractivity contribution >= 4 is 5.97 Å². The summed E-state index contributed by atoms with van der Waals surface area (Å²) in [6.45, 7) is 0. The van der Waals surface area contributed by atoms with Gasteiger partial charge in [0.2, 0.25) is 0 Å². The highest BCUT2D eigenvalue weighted by Gasteiger charge is 2.44. The molecule has 2 nitrogen and oxygen atoms in total. The van der Waals surface area contributed by atoms with Gasteiger partial charge in [-0.15, -0.1) is 0 Å². The Morgan fingerprint density at radius 1 is 1.57 bits per heavy atom. The standard InChI is InChI=1S/C5H4O2/c6-5-3-1-2-4(3)7-5/h1-4H/t3-,4+/m0/s1. The van der Waals surface area contributed by atoms with Gasteiger partial charge in [-0.05, 0) is 6.08 Å². The quantitative estimate of drug-likeness (QED) is 0.316. The third-order valence-corrected chi connectivity index (χ3v) is 1.39. The highest BCUT2D eigenvalue weighted by molar-refractivity contribution is 5.83. The van der Waals surface area contributed by atoms with Gasteiger partial charge in [0.1, 0.15) is 12.0 Å². The average molecular weight is 96.1 g/mol. The predicted molar refractivity (Wildman–Crippen MR) is 22.5 cm³/mol. The van der Waals surface area contributed by atoms with E-state index in [4.69, 9.17) is 0 Å². The average Bonchev–Trinajstić information content (AvgIpc) is 1.59. The Balaban J connectivity index is 2.29. The Labute approximate surface area is 40.8 Å². The molecule has 2 heteroatoms. The first-order valence-corrected chi connectivity index (χ1v) is 2.27. The van der Waals surface area contributed by atoms with Gasteiger partial charge >= 0.3 is 5.97 Å². The van der Waals surface area contributed by atoms with E-state index in [9.17, 15) is 4.79 Å². The van der Waals surface area contributed by atoms with E-state index >= 15 is 0 Å². The SMILES string of the molecule is O=C1O[C@@H]2C=C[C@H]12. The lowest BCUT2D eigenvalue weighted by Gasteiger charge is -2.36. The van der Waals surface area contributed by atoms with E-state index in [0.29, 0.717) is 0 Å². The van der Waals surface area contributed by atoms with Crippen LogP contribution < -0.4 is 0 Å². The predicted octanol–water partition coefficient (Wildman–Crippen LogP) is 0.0978. The topological polar surface area (TPSA) is 26.3 Å². The lowest BCUT2D eigenvalue weighted by molar-refractivity contribution is -0.176. The van der Waals surface area contributed by atoms with Crippen LogP contribution in [0.3, 0.4) is 0 Å². The summed E-state index contributed by atoms with van der Waals surface area (Å²) in [6, 6.07) is 0. The van der Waals surface area contributed by atoms with Crippen LogP contribution in [0.2, 0.25) is 0 Å². The summed E-state index contributed by atoms with van der Waals surface area (Å²) in [5.41, 5.74) is 0. The van der Waals surface area contributed by atoms with Gasteiger partial charge in [-0.25, -0.2) is 0 Å². The summed E-state index contributed by atoms with van der Waals surface area (Å²) < 4.78 is 4.61. The van der Waals surface area contributed by atoms with Crippen LogP contribution in [-0.4, -0.2) is 12.1 Å². The number of hydrogen-bond donors (Lipinski definition) is 0. The summed E-state index contributed by atoms with van der Waals surface area (Å²) in [4.78, 5) is 10.2. The summed E-state index contributed by atoms with van der Waals surface area (Å²) in [5.74, 6) is 0.0764. The summed E-state index contributed by atoms with van der Waals surface area (Å²) in [5, 5.41) is 0. The van der Waals surface area contributed by atoms with E-state index in [0.717, 1.165) is 0 Å². The van der Waals surface area contributed by atoms with Crippen molar-refractivity contribution in [1.82, 2.24) is 0 Å². The normalized spacial score (nSPS) is 43.1. The van der Waals surface area contributed by atoms with Gasteiger partial charge in [-0.1, -0.05) is 6.08 Å². The molecule has 0 bridgehead atoms. The van der Waals surface area contributed by atoms with Crippen molar-refractivity contribution in [2.75, 3.05) is 0 Å². The Bertz CT molecular complexity index is 148. The van der Waals surface area contributed by atoms with Gasteiger partial charge in [0.25, 0.3) is 0 Å². The minimum atomic E-state index is -0.0625. The Morgan fingerprint density at radius 2 is 2.43 bits per heavy atom. The molecule has 0 radical (unpaired) electrons. The van der Waals surface area contributed by atoms with E-state index in [1.807, 2.05) is 12.2 Å². The smallest absolute Gasteiger partial charge is 0.317 e. The van der Waals surface area contributed by atoms with Crippen LogP contribution in [0.25, 0.3) is 0 Å². The molecule has 1 fully saturated rings. The second-order valence-corrected chi connectivity index (χ2v) is 1.81. The maximum Gasteiger partial charge on any atom is 0.317 e.